The molecule has 0 spiro atoms. The zero-order valence-electron chi connectivity index (χ0n) is 35.4. The maximum Gasteiger partial charge on any atom is 0.407 e. The normalized spacial score (nSPS) is 19.8. The van der Waals surface area contributed by atoms with Gasteiger partial charge in [0.25, 0.3) is 0 Å². The van der Waals surface area contributed by atoms with Crippen LogP contribution in [-0.4, -0.2) is 119 Å². The highest BCUT2D eigenvalue weighted by Crippen LogP contribution is 2.44. The number of benzene rings is 2. The second-order valence-electron chi connectivity index (χ2n) is 15.4. The van der Waals surface area contributed by atoms with Gasteiger partial charge in [0.05, 0.1) is 32.3 Å². The summed E-state index contributed by atoms with van der Waals surface area (Å²) >= 11 is 0. The molecule has 0 unspecified atom stereocenters. The summed E-state index contributed by atoms with van der Waals surface area (Å²) in [6, 6.07) is 14.3. The molecule has 0 radical (unpaired) electrons. The van der Waals surface area contributed by atoms with Gasteiger partial charge in [-0.1, -0.05) is 53.7 Å². The minimum absolute atomic E-state index is 0.0127. The van der Waals surface area contributed by atoms with E-state index >= 15 is 0 Å². The molecule has 2 amide bonds. The fraction of sp³-hybridized carbons (Fsp3) is 0.500. The van der Waals surface area contributed by atoms with Gasteiger partial charge in [0, 0.05) is 33.6 Å². The third kappa shape index (κ3) is 13.0. The first-order valence-electron chi connectivity index (χ1n) is 19.8. The number of hydrogen-bond acceptors (Lipinski definition) is 17. The average Bonchev–Trinajstić information content (AvgIpc) is 3.78. The fourth-order valence-corrected chi connectivity index (χ4v) is 6.96. The molecule has 0 saturated carbocycles. The topological polar surface area (TPSA) is 248 Å². The Kier molecular flexibility index (Phi) is 15.7. The van der Waals surface area contributed by atoms with Crippen LogP contribution in [0, 0.1) is 0 Å². The Labute approximate surface area is 357 Å². The molecule has 1 aliphatic carbocycles. The number of aromatic nitrogens is 3. The SMILES string of the molecule is CC(=O)OC[C@H]1O[C@H](OCCn2cc(CNC(=O)[C@H](CC(=O)OC(C)(C)C)NC(=O)OCC3c4ccccc4-c4ccccc43)nn2)[C@@H](OC(C)=O)[C@@H](OC(C)=O)[C@@H]1OC(C)=O. The molecule has 2 aromatic carbocycles. The largest absolute Gasteiger partial charge is 0.463 e. The van der Waals surface area contributed by atoms with E-state index in [0.717, 1.165) is 49.9 Å². The summed E-state index contributed by atoms with van der Waals surface area (Å²) in [6.07, 6.45) is -6.64. The molecule has 5 rings (SSSR count). The molecule has 334 valence electrons. The molecule has 1 aliphatic heterocycles. The van der Waals surface area contributed by atoms with Crippen LogP contribution in [0.2, 0.25) is 0 Å². The third-order valence-electron chi connectivity index (χ3n) is 9.32. The van der Waals surface area contributed by atoms with E-state index in [4.69, 9.17) is 37.9 Å². The van der Waals surface area contributed by atoms with E-state index in [2.05, 4.69) is 20.9 Å². The van der Waals surface area contributed by atoms with Crippen molar-refractivity contribution in [2.45, 2.75) is 116 Å². The molecule has 20 nitrogen and oxygen atoms in total. The minimum Gasteiger partial charge on any atom is -0.463 e. The van der Waals surface area contributed by atoms with Crippen molar-refractivity contribution in [3.05, 3.63) is 71.5 Å². The first kappa shape index (κ1) is 46.7. The van der Waals surface area contributed by atoms with Crippen molar-refractivity contribution >= 4 is 41.8 Å². The Bertz CT molecular complexity index is 2070. The molecule has 6 atom stereocenters. The van der Waals surface area contributed by atoms with Crippen molar-refractivity contribution in [3.63, 3.8) is 0 Å². The van der Waals surface area contributed by atoms with Crippen LogP contribution in [0.15, 0.2) is 54.7 Å². The van der Waals surface area contributed by atoms with Gasteiger partial charge in [0.2, 0.25) is 5.91 Å². The highest BCUT2D eigenvalue weighted by molar-refractivity contribution is 5.89. The van der Waals surface area contributed by atoms with Crippen LogP contribution in [0.5, 0.6) is 0 Å². The van der Waals surface area contributed by atoms with Crippen LogP contribution in [0.25, 0.3) is 11.1 Å². The van der Waals surface area contributed by atoms with E-state index in [1.807, 2.05) is 48.5 Å². The highest BCUT2D eigenvalue weighted by atomic mass is 16.7. The second-order valence-corrected chi connectivity index (χ2v) is 15.4. The summed E-state index contributed by atoms with van der Waals surface area (Å²) in [5.74, 6) is -4.68. The van der Waals surface area contributed by atoms with Crippen LogP contribution in [0.4, 0.5) is 4.79 Å². The van der Waals surface area contributed by atoms with Gasteiger partial charge in [-0.05, 0) is 43.0 Å². The molecule has 2 aliphatic rings. The van der Waals surface area contributed by atoms with Gasteiger partial charge in [-0.15, -0.1) is 5.10 Å². The Morgan fingerprint density at radius 2 is 1.37 bits per heavy atom. The zero-order chi connectivity index (χ0) is 45.1. The van der Waals surface area contributed by atoms with Crippen molar-refractivity contribution in [1.29, 1.82) is 0 Å². The van der Waals surface area contributed by atoms with Crippen molar-refractivity contribution in [2.75, 3.05) is 19.8 Å². The third-order valence-corrected chi connectivity index (χ3v) is 9.32. The highest BCUT2D eigenvalue weighted by Gasteiger charge is 2.52. The number of amides is 2. The molecule has 20 heteroatoms. The molecule has 1 aromatic heterocycles. The molecular formula is C42H51N5O15. The second kappa shape index (κ2) is 20.9. The van der Waals surface area contributed by atoms with Gasteiger partial charge in [0.1, 0.15) is 36.7 Å². The standard InChI is InChI=1S/C42H51N5O15/c1-23(48)56-22-34-36(58-24(2)49)37(59-25(3)50)38(60-26(4)51)40(61-34)55-17-16-47-20-27(45-46-47)19-43-39(53)33(18-35(52)62-42(5,6)7)44-41(54)57-21-32-30-14-10-8-12-28(30)29-13-9-11-15-31(29)32/h8-15,20,32-34,36-38,40H,16-19,21-22H2,1-7H3,(H,43,53)(H,44,54)/t33-,34+,36+,37-,38-,40-/m0/s1. The molecule has 2 N–H and O–H groups in total. The van der Waals surface area contributed by atoms with Gasteiger partial charge in [0.15, 0.2) is 24.6 Å². The van der Waals surface area contributed by atoms with Gasteiger partial charge in [-0.3, -0.25) is 28.8 Å². The van der Waals surface area contributed by atoms with Crippen molar-refractivity contribution < 1.29 is 71.5 Å². The molecule has 62 heavy (non-hydrogen) atoms. The van der Waals surface area contributed by atoms with E-state index in [0.29, 0.717) is 5.69 Å². The number of nitrogens with one attached hydrogen (secondary N) is 2. The number of esters is 5. The fourth-order valence-electron chi connectivity index (χ4n) is 6.96. The van der Waals surface area contributed by atoms with Crippen molar-refractivity contribution in [3.8, 4) is 11.1 Å². The van der Waals surface area contributed by atoms with Gasteiger partial charge >= 0.3 is 35.9 Å². The van der Waals surface area contributed by atoms with Gasteiger partial charge in [-0.2, -0.15) is 0 Å². The maximum atomic E-state index is 13.5. The lowest BCUT2D eigenvalue weighted by Gasteiger charge is -2.44. The summed E-state index contributed by atoms with van der Waals surface area (Å²) in [7, 11) is 0. The smallest absolute Gasteiger partial charge is 0.407 e. The molecular weight excluding hydrogens is 814 g/mol. The van der Waals surface area contributed by atoms with Crippen LogP contribution >= 0.6 is 0 Å². The Morgan fingerprint density at radius 3 is 1.97 bits per heavy atom. The van der Waals surface area contributed by atoms with Crippen LogP contribution < -0.4 is 10.6 Å². The van der Waals surface area contributed by atoms with Crippen LogP contribution in [-0.2, 0) is 79.8 Å². The lowest BCUT2D eigenvalue weighted by molar-refractivity contribution is -0.308. The molecule has 1 fully saturated rings. The van der Waals surface area contributed by atoms with E-state index in [1.54, 1.807) is 20.8 Å². The number of hydrogen-bond donors (Lipinski definition) is 2. The predicted molar refractivity (Wildman–Crippen MR) is 212 cm³/mol. The number of nitrogens with zero attached hydrogens (tertiary/aromatic N) is 3. The summed E-state index contributed by atoms with van der Waals surface area (Å²) in [5.41, 5.74) is 3.55. The van der Waals surface area contributed by atoms with E-state index in [-0.39, 0.29) is 32.2 Å². The molecule has 2 heterocycles. The lowest BCUT2D eigenvalue weighted by Crippen LogP contribution is -2.63. The summed E-state index contributed by atoms with van der Waals surface area (Å²) < 4.78 is 45.6. The number of carbonyl (C=O) groups excluding carboxylic acids is 7. The summed E-state index contributed by atoms with van der Waals surface area (Å²) in [6.45, 7) is 8.83. The Hall–Kier alpha value is -6.41. The number of carbonyl (C=O) groups is 7. The minimum atomic E-state index is -1.41. The van der Waals surface area contributed by atoms with Crippen LogP contribution in [0.1, 0.15) is 77.6 Å². The van der Waals surface area contributed by atoms with Gasteiger partial charge < -0.3 is 48.5 Å². The Morgan fingerprint density at radius 1 is 0.774 bits per heavy atom. The number of ether oxygens (including phenoxy) is 8. The average molecular weight is 866 g/mol. The van der Waals surface area contributed by atoms with Crippen molar-refractivity contribution in [1.82, 2.24) is 25.6 Å². The summed E-state index contributed by atoms with van der Waals surface area (Å²) in [5, 5.41) is 13.3. The number of alkyl carbamates (subject to hydrolysis) is 1. The molecule has 0 bridgehead atoms. The number of fused-ring (bicyclic) bond motifs is 3. The first-order chi connectivity index (χ1) is 29.4. The Balaban J connectivity index is 1.20. The quantitative estimate of drug-likeness (QED) is 0.146. The van der Waals surface area contributed by atoms with E-state index in [9.17, 15) is 33.6 Å². The van der Waals surface area contributed by atoms with Gasteiger partial charge in [-0.25, -0.2) is 9.48 Å². The van der Waals surface area contributed by atoms with E-state index < -0.39 is 97.2 Å². The monoisotopic (exact) mass is 865 g/mol. The van der Waals surface area contributed by atoms with Crippen molar-refractivity contribution in [2.24, 2.45) is 0 Å². The molecule has 1 saturated heterocycles. The summed E-state index contributed by atoms with van der Waals surface area (Å²) in [4.78, 5) is 87.4. The predicted octanol–water partition coefficient (Wildman–Crippen LogP) is 2.63. The molecule has 3 aromatic rings. The maximum absolute atomic E-state index is 13.5. The number of rotatable bonds is 17. The zero-order valence-corrected chi connectivity index (χ0v) is 35.4. The van der Waals surface area contributed by atoms with E-state index in [1.165, 1.54) is 10.9 Å². The lowest BCUT2D eigenvalue weighted by atomic mass is 9.98. The first-order valence-corrected chi connectivity index (χ1v) is 19.8. The van der Waals surface area contributed by atoms with Crippen LogP contribution in [0.3, 0.4) is 0 Å².